The molecule has 3 nitrogen and oxygen atoms in total. The van der Waals surface area contributed by atoms with Crippen molar-refractivity contribution in [1.82, 2.24) is 5.32 Å². The first-order valence-electron chi connectivity index (χ1n) is 5.93. The van der Waals surface area contributed by atoms with E-state index in [9.17, 15) is 9.18 Å². The summed E-state index contributed by atoms with van der Waals surface area (Å²) in [5, 5.41) is 11.8. The van der Waals surface area contributed by atoms with Crippen LogP contribution in [0.5, 0.6) is 0 Å². The van der Waals surface area contributed by atoms with Crippen molar-refractivity contribution in [3.63, 3.8) is 0 Å². The Morgan fingerprint density at radius 3 is 2.71 bits per heavy atom. The van der Waals surface area contributed by atoms with Crippen molar-refractivity contribution in [2.75, 3.05) is 0 Å². The van der Waals surface area contributed by atoms with Crippen molar-refractivity contribution in [2.45, 2.75) is 6.54 Å². The molecule has 21 heavy (non-hydrogen) atoms. The highest BCUT2D eigenvalue weighted by molar-refractivity contribution is 14.1. The highest BCUT2D eigenvalue weighted by atomic mass is 127. The maximum absolute atomic E-state index is 13.7. The van der Waals surface area contributed by atoms with Gasteiger partial charge in [0.1, 0.15) is 5.82 Å². The van der Waals surface area contributed by atoms with Crippen LogP contribution in [0.25, 0.3) is 0 Å². The van der Waals surface area contributed by atoms with Gasteiger partial charge in [0.05, 0.1) is 16.7 Å². The van der Waals surface area contributed by atoms with Gasteiger partial charge in [0.2, 0.25) is 0 Å². The summed E-state index contributed by atoms with van der Waals surface area (Å²) in [7, 11) is 0. The van der Waals surface area contributed by atoms with Crippen LogP contribution in [0, 0.1) is 20.7 Å². The van der Waals surface area contributed by atoms with E-state index in [1.165, 1.54) is 12.1 Å². The van der Waals surface area contributed by atoms with Crippen LogP contribution < -0.4 is 5.32 Å². The molecule has 0 saturated carbocycles. The number of amides is 1. The molecule has 106 valence electrons. The SMILES string of the molecule is N#Cc1ccc(CNC(=O)c2ccc(I)c(Cl)c2)c(F)c1. The first-order valence-corrected chi connectivity index (χ1v) is 7.38. The quantitative estimate of drug-likeness (QED) is 0.775. The lowest BCUT2D eigenvalue weighted by atomic mass is 10.1. The minimum Gasteiger partial charge on any atom is -0.348 e. The van der Waals surface area contributed by atoms with Crippen molar-refractivity contribution in [3.05, 3.63) is 67.5 Å². The average Bonchev–Trinajstić information content (AvgIpc) is 2.48. The summed E-state index contributed by atoms with van der Waals surface area (Å²) in [5.74, 6) is -0.855. The number of nitrogens with zero attached hydrogens (tertiary/aromatic N) is 1. The van der Waals surface area contributed by atoms with Crippen LogP contribution in [0.3, 0.4) is 0 Å². The normalized spacial score (nSPS) is 10.0. The lowest BCUT2D eigenvalue weighted by Crippen LogP contribution is -2.23. The van der Waals surface area contributed by atoms with Gasteiger partial charge in [-0.1, -0.05) is 17.7 Å². The van der Waals surface area contributed by atoms with Crippen LogP contribution >= 0.6 is 34.2 Å². The molecule has 0 aliphatic rings. The minimum atomic E-state index is -0.519. The summed E-state index contributed by atoms with van der Waals surface area (Å²) < 4.78 is 14.5. The molecular weight excluding hydrogens is 406 g/mol. The second-order valence-electron chi connectivity index (χ2n) is 4.23. The molecule has 0 saturated heterocycles. The van der Waals surface area contributed by atoms with Gasteiger partial charge in [-0.2, -0.15) is 5.26 Å². The van der Waals surface area contributed by atoms with Gasteiger partial charge >= 0.3 is 0 Å². The number of halogens is 3. The van der Waals surface area contributed by atoms with Gasteiger partial charge in [-0.3, -0.25) is 4.79 Å². The van der Waals surface area contributed by atoms with Gasteiger partial charge in [-0.05, 0) is 52.9 Å². The molecule has 0 radical (unpaired) electrons. The Morgan fingerprint density at radius 1 is 1.33 bits per heavy atom. The van der Waals surface area contributed by atoms with Crippen molar-refractivity contribution in [1.29, 1.82) is 5.26 Å². The molecule has 0 aliphatic carbocycles. The largest absolute Gasteiger partial charge is 0.348 e. The first-order chi connectivity index (χ1) is 10.0. The summed E-state index contributed by atoms with van der Waals surface area (Å²) in [4.78, 5) is 12.0. The van der Waals surface area contributed by atoms with Gasteiger partial charge in [-0.15, -0.1) is 0 Å². The maximum Gasteiger partial charge on any atom is 0.251 e. The molecule has 1 amide bonds. The predicted molar refractivity (Wildman–Crippen MR) is 86.5 cm³/mol. The lowest BCUT2D eigenvalue weighted by molar-refractivity contribution is 0.0950. The molecule has 0 spiro atoms. The fraction of sp³-hybridized carbons (Fsp3) is 0.0667. The average molecular weight is 415 g/mol. The highest BCUT2D eigenvalue weighted by Gasteiger charge is 2.09. The third-order valence-electron chi connectivity index (χ3n) is 2.80. The standard InChI is InChI=1S/C15H9ClFIN2O/c16-12-6-10(3-4-14(12)18)15(21)20-8-11-2-1-9(7-19)5-13(11)17/h1-6H,8H2,(H,20,21). The van der Waals surface area contributed by atoms with Crippen molar-refractivity contribution in [2.24, 2.45) is 0 Å². The van der Waals surface area contributed by atoms with E-state index in [2.05, 4.69) is 27.9 Å². The number of carbonyl (C=O) groups is 1. The minimum absolute atomic E-state index is 0.0416. The third-order valence-corrected chi connectivity index (χ3v) is 4.38. The molecular formula is C15H9ClFIN2O. The Labute approximate surface area is 139 Å². The Bertz CT molecular complexity index is 743. The van der Waals surface area contributed by atoms with Gasteiger partial charge in [0, 0.05) is 21.2 Å². The molecule has 0 atom stereocenters. The van der Waals surface area contributed by atoms with Crippen LogP contribution in [0.1, 0.15) is 21.5 Å². The van der Waals surface area contributed by atoms with E-state index >= 15 is 0 Å². The van der Waals surface area contributed by atoms with Gasteiger partial charge in [0.15, 0.2) is 0 Å². The Kier molecular flexibility index (Phi) is 5.15. The Morgan fingerprint density at radius 2 is 2.10 bits per heavy atom. The van der Waals surface area contributed by atoms with Gasteiger partial charge < -0.3 is 5.32 Å². The number of carbonyl (C=O) groups excluding carboxylic acids is 1. The summed E-state index contributed by atoms with van der Waals surface area (Å²) >= 11 is 8.02. The first kappa shape index (κ1) is 15.7. The van der Waals surface area contributed by atoms with Crippen LogP contribution in [0.4, 0.5) is 4.39 Å². The number of benzene rings is 2. The second kappa shape index (κ2) is 6.87. The number of nitriles is 1. The zero-order chi connectivity index (χ0) is 15.4. The predicted octanol–water partition coefficient (Wildman–Crippen LogP) is 3.89. The number of hydrogen-bond donors (Lipinski definition) is 1. The highest BCUT2D eigenvalue weighted by Crippen LogP contribution is 2.19. The number of nitrogens with one attached hydrogen (secondary N) is 1. The molecule has 2 rings (SSSR count). The third kappa shape index (κ3) is 3.93. The van der Waals surface area contributed by atoms with Crippen LogP contribution in [0.2, 0.25) is 5.02 Å². The van der Waals surface area contributed by atoms with Gasteiger partial charge in [-0.25, -0.2) is 4.39 Å². The molecule has 0 heterocycles. The summed E-state index contributed by atoms with van der Waals surface area (Å²) in [6.45, 7) is 0.0416. The van der Waals surface area contributed by atoms with Crippen molar-refractivity contribution >= 4 is 40.1 Å². The van der Waals surface area contributed by atoms with Crippen LogP contribution in [0.15, 0.2) is 36.4 Å². The van der Waals surface area contributed by atoms with E-state index in [0.717, 1.165) is 9.64 Å². The smallest absolute Gasteiger partial charge is 0.251 e. The number of rotatable bonds is 3. The zero-order valence-electron chi connectivity index (χ0n) is 10.7. The zero-order valence-corrected chi connectivity index (χ0v) is 13.6. The molecule has 0 unspecified atom stereocenters. The molecule has 6 heteroatoms. The summed E-state index contributed by atoms with van der Waals surface area (Å²) in [6.07, 6.45) is 0. The van der Waals surface area contributed by atoms with E-state index in [1.54, 1.807) is 18.2 Å². The molecule has 0 bridgehead atoms. The van der Waals surface area contributed by atoms with Crippen LogP contribution in [-0.2, 0) is 6.54 Å². The lowest BCUT2D eigenvalue weighted by Gasteiger charge is -2.07. The molecule has 1 N–H and O–H groups in total. The van der Waals surface area contributed by atoms with Crippen molar-refractivity contribution < 1.29 is 9.18 Å². The number of hydrogen-bond acceptors (Lipinski definition) is 2. The Balaban J connectivity index is 2.07. The topological polar surface area (TPSA) is 52.9 Å². The Hall–Kier alpha value is -1.65. The van der Waals surface area contributed by atoms with Crippen LogP contribution in [-0.4, -0.2) is 5.91 Å². The fourth-order valence-electron chi connectivity index (χ4n) is 1.68. The van der Waals surface area contributed by atoms with Crippen molar-refractivity contribution in [3.8, 4) is 6.07 Å². The molecule has 2 aromatic rings. The van der Waals surface area contributed by atoms with E-state index in [-0.39, 0.29) is 18.0 Å². The summed E-state index contributed by atoms with van der Waals surface area (Å²) in [6, 6.07) is 10.9. The molecule has 2 aromatic carbocycles. The molecule has 0 aliphatic heterocycles. The molecule has 0 aromatic heterocycles. The monoisotopic (exact) mass is 414 g/mol. The fourth-order valence-corrected chi connectivity index (χ4v) is 2.19. The van der Waals surface area contributed by atoms with E-state index < -0.39 is 5.82 Å². The second-order valence-corrected chi connectivity index (χ2v) is 5.80. The molecule has 0 fully saturated rings. The van der Waals surface area contributed by atoms with E-state index in [1.807, 2.05) is 6.07 Å². The van der Waals surface area contributed by atoms with E-state index in [0.29, 0.717) is 16.1 Å². The summed E-state index contributed by atoms with van der Waals surface area (Å²) in [5.41, 5.74) is 0.973. The maximum atomic E-state index is 13.7. The van der Waals surface area contributed by atoms with Gasteiger partial charge in [0.25, 0.3) is 5.91 Å². The van der Waals surface area contributed by atoms with E-state index in [4.69, 9.17) is 16.9 Å².